The Labute approximate surface area is 149 Å². The molecule has 1 amide bonds. The summed E-state index contributed by atoms with van der Waals surface area (Å²) in [6, 6.07) is 17.9. The number of benzene rings is 2. The molecule has 4 N–H and O–H groups in total. The van der Waals surface area contributed by atoms with Crippen molar-refractivity contribution in [1.82, 2.24) is 5.32 Å². The van der Waals surface area contributed by atoms with E-state index in [9.17, 15) is 4.79 Å². The topological polar surface area (TPSA) is 79.5 Å². The van der Waals surface area contributed by atoms with E-state index < -0.39 is 0 Å². The quantitative estimate of drug-likeness (QED) is 0.511. The summed E-state index contributed by atoms with van der Waals surface area (Å²) >= 11 is 0. The van der Waals surface area contributed by atoms with Crippen LogP contribution in [0.1, 0.15) is 30.9 Å². The van der Waals surface area contributed by atoms with E-state index in [1.807, 2.05) is 49.4 Å². The Kier molecular flexibility index (Phi) is 7.50. The minimum atomic E-state index is 0.0326. The first-order valence-electron chi connectivity index (χ1n) is 8.64. The van der Waals surface area contributed by atoms with Gasteiger partial charge in [0.1, 0.15) is 0 Å². The van der Waals surface area contributed by atoms with Gasteiger partial charge in [0.25, 0.3) is 0 Å². The molecular formula is C20H26N4O. The van der Waals surface area contributed by atoms with E-state index >= 15 is 0 Å². The highest BCUT2D eigenvalue weighted by molar-refractivity contribution is 5.90. The molecule has 5 nitrogen and oxygen atoms in total. The number of nitrogens with zero attached hydrogens (tertiary/aromatic N) is 1. The highest BCUT2D eigenvalue weighted by Gasteiger charge is 2.01. The molecule has 0 unspecified atom stereocenters. The van der Waals surface area contributed by atoms with Crippen LogP contribution < -0.4 is 16.4 Å². The van der Waals surface area contributed by atoms with Crippen molar-refractivity contribution in [3.8, 4) is 0 Å². The maximum Gasteiger partial charge on any atom is 0.224 e. The molecule has 0 saturated heterocycles. The number of hydrogen-bond acceptors (Lipinski definition) is 2. The molecule has 0 atom stereocenters. The molecule has 0 heterocycles. The lowest BCUT2D eigenvalue weighted by Crippen LogP contribution is -2.33. The number of anilines is 1. The predicted molar refractivity (Wildman–Crippen MR) is 103 cm³/mol. The molecule has 0 bridgehead atoms. The molecule has 0 aliphatic carbocycles. The van der Waals surface area contributed by atoms with Crippen molar-refractivity contribution in [3.05, 3.63) is 65.7 Å². The molecule has 2 aromatic carbocycles. The Morgan fingerprint density at radius 2 is 1.84 bits per heavy atom. The molecule has 2 aromatic rings. The van der Waals surface area contributed by atoms with Gasteiger partial charge in [0.2, 0.25) is 5.91 Å². The first-order valence-corrected chi connectivity index (χ1v) is 8.64. The van der Waals surface area contributed by atoms with Gasteiger partial charge in [-0.05, 0) is 36.1 Å². The van der Waals surface area contributed by atoms with E-state index in [1.165, 1.54) is 5.56 Å². The van der Waals surface area contributed by atoms with Crippen molar-refractivity contribution in [3.63, 3.8) is 0 Å². The Bertz CT molecular complexity index is 698. The fraction of sp³-hybridized carbons (Fsp3) is 0.300. The number of rotatable bonds is 8. The van der Waals surface area contributed by atoms with Crippen LogP contribution in [0.25, 0.3) is 0 Å². The van der Waals surface area contributed by atoms with E-state index in [2.05, 4.69) is 27.8 Å². The van der Waals surface area contributed by atoms with Crippen LogP contribution in [0.2, 0.25) is 0 Å². The van der Waals surface area contributed by atoms with Crippen LogP contribution in [0.5, 0.6) is 0 Å². The number of carbonyl (C=O) groups excluding carboxylic acids is 1. The number of nitrogens with one attached hydrogen (secondary N) is 2. The summed E-state index contributed by atoms with van der Waals surface area (Å²) in [6.07, 6.45) is 2.26. The lowest BCUT2D eigenvalue weighted by molar-refractivity contribution is -0.116. The number of hydrogen-bond donors (Lipinski definition) is 3. The van der Waals surface area contributed by atoms with Gasteiger partial charge in [-0.1, -0.05) is 49.4 Å². The second-order valence-corrected chi connectivity index (χ2v) is 5.86. The van der Waals surface area contributed by atoms with Gasteiger partial charge in [-0.15, -0.1) is 0 Å². The average Bonchev–Trinajstić information content (AvgIpc) is 2.61. The summed E-state index contributed by atoms with van der Waals surface area (Å²) in [5.74, 6) is 0.460. The van der Waals surface area contributed by atoms with Gasteiger partial charge < -0.3 is 16.4 Å². The number of nitrogens with two attached hydrogens (primary N) is 1. The van der Waals surface area contributed by atoms with Gasteiger partial charge in [0.05, 0.1) is 6.54 Å². The zero-order valence-electron chi connectivity index (χ0n) is 14.7. The van der Waals surface area contributed by atoms with Crippen LogP contribution in [0, 0.1) is 0 Å². The van der Waals surface area contributed by atoms with Gasteiger partial charge in [-0.2, -0.15) is 0 Å². The van der Waals surface area contributed by atoms with Crippen molar-refractivity contribution < 1.29 is 4.79 Å². The minimum Gasteiger partial charge on any atom is -0.370 e. The normalized spacial score (nSPS) is 11.2. The van der Waals surface area contributed by atoms with Crippen molar-refractivity contribution in [2.75, 3.05) is 11.9 Å². The van der Waals surface area contributed by atoms with Crippen molar-refractivity contribution in [2.24, 2.45) is 10.7 Å². The van der Waals surface area contributed by atoms with E-state index in [1.54, 1.807) is 0 Å². The summed E-state index contributed by atoms with van der Waals surface area (Å²) in [4.78, 5) is 16.0. The molecule has 0 fully saturated rings. The van der Waals surface area contributed by atoms with Gasteiger partial charge in [0, 0.05) is 18.7 Å². The van der Waals surface area contributed by atoms with Crippen LogP contribution in [0.3, 0.4) is 0 Å². The summed E-state index contributed by atoms with van der Waals surface area (Å²) < 4.78 is 0. The third kappa shape index (κ3) is 7.08. The highest BCUT2D eigenvalue weighted by atomic mass is 16.1. The highest BCUT2D eigenvalue weighted by Crippen LogP contribution is 2.12. The van der Waals surface area contributed by atoms with E-state index in [0.29, 0.717) is 18.9 Å². The molecule has 0 aromatic heterocycles. The smallest absolute Gasteiger partial charge is 0.224 e. The molecule has 2 rings (SSSR count). The van der Waals surface area contributed by atoms with Crippen LogP contribution in [0.4, 0.5) is 5.69 Å². The Balaban J connectivity index is 1.80. The van der Waals surface area contributed by atoms with Crippen LogP contribution in [0.15, 0.2) is 59.6 Å². The van der Waals surface area contributed by atoms with Crippen LogP contribution in [-0.2, 0) is 17.8 Å². The van der Waals surface area contributed by atoms with Crippen LogP contribution in [-0.4, -0.2) is 18.4 Å². The third-order valence-electron chi connectivity index (χ3n) is 3.68. The number of amides is 1. The van der Waals surface area contributed by atoms with Gasteiger partial charge in [0.15, 0.2) is 5.96 Å². The van der Waals surface area contributed by atoms with Gasteiger partial charge >= 0.3 is 0 Å². The molecule has 0 aliphatic heterocycles. The van der Waals surface area contributed by atoms with E-state index in [-0.39, 0.29) is 5.91 Å². The maximum atomic E-state index is 11.7. The fourth-order valence-corrected chi connectivity index (χ4v) is 2.41. The third-order valence-corrected chi connectivity index (χ3v) is 3.68. The second kappa shape index (κ2) is 10.1. The number of guanidine groups is 1. The largest absolute Gasteiger partial charge is 0.370 e. The molecule has 132 valence electrons. The molecule has 5 heteroatoms. The molecule has 0 spiro atoms. The molecule has 0 aliphatic rings. The van der Waals surface area contributed by atoms with E-state index in [4.69, 9.17) is 5.73 Å². The average molecular weight is 338 g/mol. The summed E-state index contributed by atoms with van der Waals surface area (Å²) in [7, 11) is 0. The zero-order valence-corrected chi connectivity index (χ0v) is 14.7. The summed E-state index contributed by atoms with van der Waals surface area (Å²) in [5, 5.41) is 6.01. The number of aliphatic imine (C=N–C) groups is 1. The van der Waals surface area contributed by atoms with Crippen molar-refractivity contribution in [1.29, 1.82) is 0 Å². The Morgan fingerprint density at radius 1 is 1.08 bits per heavy atom. The lowest BCUT2D eigenvalue weighted by atomic mass is 10.1. The maximum absolute atomic E-state index is 11.7. The first-order chi connectivity index (χ1) is 12.2. The number of carbonyl (C=O) groups is 1. The van der Waals surface area contributed by atoms with Gasteiger partial charge in [-0.25, -0.2) is 4.99 Å². The molecule has 0 radical (unpaired) electrons. The summed E-state index contributed by atoms with van der Waals surface area (Å²) in [6.45, 7) is 3.20. The predicted octanol–water partition coefficient (Wildman–Crippen LogP) is 3.07. The molecular weight excluding hydrogens is 312 g/mol. The SMILES string of the molecule is CCCC(=O)Nc1cccc(CN=C(N)NCCc2ccccc2)c1. The lowest BCUT2D eigenvalue weighted by Gasteiger charge is -2.07. The summed E-state index contributed by atoms with van der Waals surface area (Å²) in [5.41, 5.74) is 8.97. The first kappa shape index (κ1) is 18.5. The Morgan fingerprint density at radius 3 is 2.60 bits per heavy atom. The standard InChI is InChI=1S/C20H26N4O/c1-2-7-19(25)24-18-11-6-10-17(14-18)15-23-20(21)22-13-12-16-8-4-3-5-9-16/h3-6,8-11,14H,2,7,12-13,15H2,1H3,(H,24,25)(H3,21,22,23). The Hall–Kier alpha value is -2.82. The molecule has 0 saturated carbocycles. The van der Waals surface area contributed by atoms with Crippen molar-refractivity contribution >= 4 is 17.6 Å². The zero-order chi connectivity index (χ0) is 17.9. The second-order valence-electron chi connectivity index (χ2n) is 5.86. The monoisotopic (exact) mass is 338 g/mol. The van der Waals surface area contributed by atoms with Crippen LogP contribution >= 0.6 is 0 Å². The minimum absolute atomic E-state index is 0.0326. The fourth-order valence-electron chi connectivity index (χ4n) is 2.41. The van der Waals surface area contributed by atoms with Gasteiger partial charge in [-0.3, -0.25) is 4.79 Å². The molecule has 25 heavy (non-hydrogen) atoms. The van der Waals surface area contributed by atoms with Crippen molar-refractivity contribution in [2.45, 2.75) is 32.7 Å². The van der Waals surface area contributed by atoms with E-state index in [0.717, 1.165) is 30.6 Å².